The summed E-state index contributed by atoms with van der Waals surface area (Å²) >= 11 is 0. The summed E-state index contributed by atoms with van der Waals surface area (Å²) in [5.74, 6) is -0.362. The van der Waals surface area contributed by atoms with E-state index in [-0.39, 0.29) is 23.2 Å². The van der Waals surface area contributed by atoms with Gasteiger partial charge in [0.05, 0.1) is 11.9 Å². The van der Waals surface area contributed by atoms with E-state index < -0.39 is 0 Å². The van der Waals surface area contributed by atoms with E-state index in [1.165, 1.54) is 10.9 Å². The molecule has 7 heteroatoms. The van der Waals surface area contributed by atoms with Gasteiger partial charge in [0, 0.05) is 16.9 Å². The summed E-state index contributed by atoms with van der Waals surface area (Å²) in [6.45, 7) is 1.87. The number of benzene rings is 3. The highest BCUT2D eigenvalue weighted by Crippen LogP contribution is 2.23. The van der Waals surface area contributed by atoms with Gasteiger partial charge >= 0.3 is 0 Å². The molecule has 4 N–H and O–H groups in total. The van der Waals surface area contributed by atoms with Gasteiger partial charge in [0.2, 0.25) is 0 Å². The molecular weight excluding hydrogens is 390 g/mol. The van der Waals surface area contributed by atoms with E-state index in [2.05, 4.69) is 15.7 Å². The van der Waals surface area contributed by atoms with Gasteiger partial charge in [-0.05, 0) is 48.9 Å². The van der Waals surface area contributed by atoms with Crippen molar-refractivity contribution in [2.24, 2.45) is 0 Å². The monoisotopic (exact) mass is 411 g/mol. The molecule has 0 spiro atoms. The van der Waals surface area contributed by atoms with E-state index in [0.717, 1.165) is 11.3 Å². The van der Waals surface area contributed by atoms with Gasteiger partial charge in [-0.25, -0.2) is 4.68 Å². The first kappa shape index (κ1) is 19.9. The number of aromatic nitrogens is 2. The van der Waals surface area contributed by atoms with Gasteiger partial charge < -0.3 is 16.4 Å². The minimum atomic E-state index is -0.380. The molecule has 0 unspecified atom stereocenters. The summed E-state index contributed by atoms with van der Waals surface area (Å²) in [5.41, 5.74) is 9.74. The number of para-hydroxylation sites is 1. The molecule has 0 saturated heterocycles. The van der Waals surface area contributed by atoms with Crippen LogP contribution in [0, 0.1) is 6.92 Å². The largest absolute Gasteiger partial charge is 0.383 e. The summed E-state index contributed by atoms with van der Waals surface area (Å²) in [4.78, 5) is 25.3. The number of amides is 2. The third-order valence-corrected chi connectivity index (χ3v) is 4.83. The van der Waals surface area contributed by atoms with Crippen molar-refractivity contribution in [1.29, 1.82) is 0 Å². The predicted molar refractivity (Wildman–Crippen MR) is 122 cm³/mol. The molecular formula is C24H21N5O2. The zero-order valence-electron chi connectivity index (χ0n) is 16.9. The number of nitrogens with two attached hydrogens (primary N) is 1. The summed E-state index contributed by atoms with van der Waals surface area (Å²) in [7, 11) is 0. The van der Waals surface area contributed by atoms with Crippen LogP contribution in [0.5, 0.6) is 0 Å². The molecule has 0 fully saturated rings. The average molecular weight is 411 g/mol. The second kappa shape index (κ2) is 8.54. The van der Waals surface area contributed by atoms with Crippen LogP contribution in [0.25, 0.3) is 5.69 Å². The number of hydrogen-bond donors (Lipinski definition) is 3. The van der Waals surface area contributed by atoms with Gasteiger partial charge in [-0.3, -0.25) is 9.59 Å². The fraction of sp³-hybridized carbons (Fsp3) is 0.0417. The molecule has 0 radical (unpaired) electrons. The van der Waals surface area contributed by atoms with Crippen molar-refractivity contribution in [2.45, 2.75) is 6.92 Å². The van der Waals surface area contributed by atoms with Crippen molar-refractivity contribution in [3.63, 3.8) is 0 Å². The van der Waals surface area contributed by atoms with Crippen LogP contribution in [-0.4, -0.2) is 21.6 Å². The average Bonchev–Trinajstić information content (AvgIpc) is 3.18. The lowest BCUT2D eigenvalue weighted by molar-refractivity contribution is 0.102. The number of hydrogen-bond acceptors (Lipinski definition) is 4. The molecule has 1 aromatic heterocycles. The number of nitrogens with zero attached hydrogens (tertiary/aromatic N) is 2. The zero-order valence-corrected chi connectivity index (χ0v) is 16.9. The maximum atomic E-state index is 12.9. The van der Waals surface area contributed by atoms with Crippen LogP contribution < -0.4 is 16.4 Å². The number of carbonyl (C=O) groups excluding carboxylic acids is 2. The smallest absolute Gasteiger partial charge is 0.261 e. The van der Waals surface area contributed by atoms with Crippen LogP contribution in [0.3, 0.4) is 0 Å². The Balaban J connectivity index is 1.53. The summed E-state index contributed by atoms with van der Waals surface area (Å²) in [6, 6.07) is 23.6. The maximum Gasteiger partial charge on any atom is 0.261 e. The third kappa shape index (κ3) is 4.30. The van der Waals surface area contributed by atoms with E-state index in [1.807, 2.05) is 49.4 Å². The van der Waals surface area contributed by atoms with Gasteiger partial charge in [0.1, 0.15) is 11.4 Å². The summed E-state index contributed by atoms with van der Waals surface area (Å²) in [6.07, 6.45) is 1.44. The van der Waals surface area contributed by atoms with Crippen molar-refractivity contribution < 1.29 is 9.59 Å². The van der Waals surface area contributed by atoms with Crippen LogP contribution in [0.2, 0.25) is 0 Å². The summed E-state index contributed by atoms with van der Waals surface area (Å²) in [5, 5.41) is 9.94. The third-order valence-electron chi connectivity index (χ3n) is 4.83. The molecule has 0 aliphatic carbocycles. The maximum absolute atomic E-state index is 12.9. The fourth-order valence-corrected chi connectivity index (χ4v) is 3.12. The van der Waals surface area contributed by atoms with Crippen LogP contribution in [0.4, 0.5) is 17.2 Å². The Hall–Kier alpha value is -4.39. The lowest BCUT2D eigenvalue weighted by Crippen LogP contribution is -2.16. The second-order valence-electron chi connectivity index (χ2n) is 6.99. The number of carbonyl (C=O) groups is 2. The number of rotatable bonds is 5. The molecule has 1 heterocycles. The van der Waals surface area contributed by atoms with Crippen molar-refractivity contribution >= 4 is 29.0 Å². The van der Waals surface area contributed by atoms with Crippen LogP contribution in [0.15, 0.2) is 85.1 Å². The van der Waals surface area contributed by atoms with Gasteiger partial charge in [0.25, 0.3) is 11.8 Å². The Labute approximate surface area is 179 Å². The van der Waals surface area contributed by atoms with Crippen molar-refractivity contribution in [3.8, 4) is 5.69 Å². The van der Waals surface area contributed by atoms with Crippen LogP contribution in [0.1, 0.15) is 26.3 Å². The molecule has 3 aromatic carbocycles. The Morgan fingerprint density at radius 1 is 0.871 bits per heavy atom. The number of aryl methyl sites for hydroxylation is 1. The SMILES string of the molecule is Cc1ccc(NC(=O)c2ccccc2)cc1NC(=O)c1cnn(-c2ccccc2)c1N. The molecule has 0 aliphatic heterocycles. The highest BCUT2D eigenvalue weighted by molar-refractivity contribution is 6.08. The Morgan fingerprint density at radius 2 is 1.55 bits per heavy atom. The minimum Gasteiger partial charge on any atom is -0.383 e. The fourth-order valence-electron chi connectivity index (χ4n) is 3.12. The first-order valence-electron chi connectivity index (χ1n) is 9.70. The topological polar surface area (TPSA) is 102 Å². The Kier molecular flexibility index (Phi) is 5.49. The van der Waals surface area contributed by atoms with E-state index >= 15 is 0 Å². The molecule has 0 saturated carbocycles. The molecule has 2 amide bonds. The van der Waals surface area contributed by atoms with Crippen molar-refractivity contribution in [3.05, 3.63) is 102 Å². The zero-order chi connectivity index (χ0) is 21.8. The van der Waals surface area contributed by atoms with Crippen molar-refractivity contribution in [2.75, 3.05) is 16.4 Å². The van der Waals surface area contributed by atoms with E-state index in [0.29, 0.717) is 16.9 Å². The molecule has 7 nitrogen and oxygen atoms in total. The normalized spacial score (nSPS) is 10.5. The molecule has 0 aliphatic rings. The summed E-state index contributed by atoms with van der Waals surface area (Å²) < 4.78 is 1.51. The molecule has 0 bridgehead atoms. The van der Waals surface area contributed by atoms with Gasteiger partial charge in [-0.15, -0.1) is 0 Å². The number of anilines is 3. The predicted octanol–water partition coefficient (Wildman–Crippen LogP) is 4.27. The second-order valence-corrected chi connectivity index (χ2v) is 6.99. The highest BCUT2D eigenvalue weighted by Gasteiger charge is 2.17. The molecule has 31 heavy (non-hydrogen) atoms. The first-order chi connectivity index (χ1) is 15.0. The molecule has 4 aromatic rings. The lowest BCUT2D eigenvalue weighted by atomic mass is 10.1. The minimum absolute atomic E-state index is 0.227. The van der Waals surface area contributed by atoms with Crippen molar-refractivity contribution in [1.82, 2.24) is 9.78 Å². The van der Waals surface area contributed by atoms with Crippen LogP contribution >= 0.6 is 0 Å². The van der Waals surface area contributed by atoms with E-state index in [9.17, 15) is 9.59 Å². The van der Waals surface area contributed by atoms with E-state index in [4.69, 9.17) is 5.73 Å². The molecule has 0 atom stereocenters. The van der Waals surface area contributed by atoms with Gasteiger partial charge in [-0.1, -0.05) is 42.5 Å². The quantitative estimate of drug-likeness (QED) is 0.456. The molecule has 4 rings (SSSR count). The van der Waals surface area contributed by atoms with Crippen LogP contribution in [-0.2, 0) is 0 Å². The first-order valence-corrected chi connectivity index (χ1v) is 9.70. The van der Waals surface area contributed by atoms with Gasteiger partial charge in [0.15, 0.2) is 0 Å². The Morgan fingerprint density at radius 3 is 2.26 bits per heavy atom. The van der Waals surface area contributed by atoms with E-state index in [1.54, 1.807) is 36.4 Å². The number of nitrogens with one attached hydrogen (secondary N) is 2. The highest BCUT2D eigenvalue weighted by atomic mass is 16.2. The lowest BCUT2D eigenvalue weighted by Gasteiger charge is -2.12. The van der Waals surface area contributed by atoms with Gasteiger partial charge in [-0.2, -0.15) is 5.10 Å². The standard InChI is InChI=1S/C24H21N5O2/c1-16-12-13-18(27-23(30)17-8-4-2-5-9-17)14-21(16)28-24(31)20-15-26-29(22(20)25)19-10-6-3-7-11-19/h2-15H,25H2,1H3,(H,27,30)(H,28,31). The number of nitrogen functional groups attached to an aromatic ring is 1. The Bertz CT molecular complexity index is 1230. The molecule has 154 valence electrons.